The third kappa shape index (κ3) is 3.64. The van der Waals surface area contributed by atoms with Gasteiger partial charge < -0.3 is 14.3 Å². The van der Waals surface area contributed by atoms with Crippen molar-refractivity contribution in [3.8, 4) is 11.8 Å². The SMILES string of the molecule is O=C(OC1CCOCC1)N1CCC2C(C#Cc3cccc(Cl)c3)=NOC21. The van der Waals surface area contributed by atoms with Crippen molar-refractivity contribution in [2.24, 2.45) is 11.1 Å². The first-order valence-corrected chi connectivity index (χ1v) is 9.15. The van der Waals surface area contributed by atoms with E-state index in [1.54, 1.807) is 17.0 Å². The standard InChI is InChI=1S/C19H19ClN2O4/c20-14-3-1-2-13(12-14)4-5-17-16-6-9-22(18(16)26-21-17)19(23)25-15-7-10-24-11-8-15/h1-3,12,15-16,18H,6-11H2. The van der Waals surface area contributed by atoms with Gasteiger partial charge in [0.25, 0.3) is 0 Å². The Bertz CT molecular complexity index is 779. The molecule has 2 unspecified atom stereocenters. The lowest BCUT2D eigenvalue weighted by Gasteiger charge is -2.27. The van der Waals surface area contributed by atoms with Crippen molar-refractivity contribution in [1.82, 2.24) is 4.90 Å². The van der Waals surface area contributed by atoms with E-state index in [2.05, 4.69) is 17.0 Å². The highest BCUT2D eigenvalue weighted by atomic mass is 35.5. The van der Waals surface area contributed by atoms with Crippen LogP contribution in [0.25, 0.3) is 0 Å². The molecular formula is C19H19ClN2O4. The number of carbonyl (C=O) groups is 1. The maximum atomic E-state index is 12.5. The number of benzene rings is 1. The highest BCUT2D eigenvalue weighted by Crippen LogP contribution is 2.32. The number of hydrogen-bond acceptors (Lipinski definition) is 5. The first-order chi connectivity index (χ1) is 12.7. The Morgan fingerprint density at radius 1 is 1.27 bits per heavy atom. The minimum atomic E-state index is -0.425. The summed E-state index contributed by atoms with van der Waals surface area (Å²) in [6, 6.07) is 7.34. The van der Waals surface area contributed by atoms with Gasteiger partial charge in [-0.2, -0.15) is 0 Å². The molecule has 2 atom stereocenters. The van der Waals surface area contributed by atoms with E-state index in [-0.39, 0.29) is 18.1 Å². The van der Waals surface area contributed by atoms with E-state index in [1.165, 1.54) is 0 Å². The molecule has 0 aromatic heterocycles. The number of amides is 1. The Morgan fingerprint density at radius 3 is 2.92 bits per heavy atom. The maximum Gasteiger partial charge on any atom is 0.413 e. The second kappa shape index (κ2) is 7.56. The second-order valence-electron chi connectivity index (χ2n) is 6.52. The topological polar surface area (TPSA) is 60.4 Å². The first-order valence-electron chi connectivity index (χ1n) is 8.77. The molecule has 2 saturated heterocycles. The first kappa shape index (κ1) is 17.2. The Labute approximate surface area is 157 Å². The quantitative estimate of drug-likeness (QED) is 0.709. The van der Waals surface area contributed by atoms with Crippen LogP contribution in [0, 0.1) is 17.8 Å². The molecule has 4 rings (SSSR count). The molecule has 0 bridgehead atoms. The van der Waals surface area contributed by atoms with E-state index in [1.807, 2.05) is 12.1 Å². The van der Waals surface area contributed by atoms with Gasteiger partial charge in [0.15, 0.2) is 0 Å². The third-order valence-electron chi connectivity index (χ3n) is 4.77. The van der Waals surface area contributed by atoms with E-state index in [0.717, 1.165) is 24.8 Å². The van der Waals surface area contributed by atoms with Crippen molar-refractivity contribution < 1.29 is 19.1 Å². The minimum absolute atomic E-state index is 0.0103. The van der Waals surface area contributed by atoms with Crippen LogP contribution in [0.1, 0.15) is 24.8 Å². The van der Waals surface area contributed by atoms with Crippen LogP contribution in [0.5, 0.6) is 0 Å². The monoisotopic (exact) mass is 374 g/mol. The van der Waals surface area contributed by atoms with E-state index in [0.29, 0.717) is 30.5 Å². The predicted molar refractivity (Wildman–Crippen MR) is 95.8 cm³/mol. The zero-order chi connectivity index (χ0) is 17.9. The van der Waals surface area contributed by atoms with Crippen LogP contribution >= 0.6 is 11.6 Å². The number of fused-ring (bicyclic) bond motifs is 1. The van der Waals surface area contributed by atoms with Gasteiger partial charge in [0.1, 0.15) is 11.8 Å². The number of oxime groups is 1. The van der Waals surface area contributed by atoms with Crippen LogP contribution in [0.2, 0.25) is 5.02 Å². The van der Waals surface area contributed by atoms with Gasteiger partial charge >= 0.3 is 6.09 Å². The highest BCUT2D eigenvalue weighted by molar-refractivity contribution is 6.30. The van der Waals surface area contributed by atoms with Crippen molar-refractivity contribution in [2.45, 2.75) is 31.6 Å². The molecule has 6 nitrogen and oxygen atoms in total. The lowest BCUT2D eigenvalue weighted by molar-refractivity contribution is -0.0489. The molecule has 1 aromatic rings. The molecule has 2 fully saturated rings. The average Bonchev–Trinajstić information content (AvgIpc) is 3.23. The Hall–Kier alpha value is -2.23. The molecule has 0 radical (unpaired) electrons. The summed E-state index contributed by atoms with van der Waals surface area (Å²) in [7, 11) is 0. The largest absolute Gasteiger partial charge is 0.446 e. The van der Waals surface area contributed by atoms with Crippen LogP contribution in [-0.2, 0) is 14.3 Å². The van der Waals surface area contributed by atoms with Gasteiger partial charge in [0.2, 0.25) is 6.23 Å². The Balaban J connectivity index is 1.38. The van der Waals surface area contributed by atoms with Crippen LogP contribution in [0.4, 0.5) is 4.79 Å². The van der Waals surface area contributed by atoms with E-state index in [4.69, 9.17) is 25.9 Å². The summed E-state index contributed by atoms with van der Waals surface area (Å²) < 4.78 is 10.9. The summed E-state index contributed by atoms with van der Waals surface area (Å²) in [6.07, 6.45) is 1.38. The summed E-state index contributed by atoms with van der Waals surface area (Å²) in [5.74, 6) is 6.10. The van der Waals surface area contributed by atoms with Gasteiger partial charge in [-0.05, 0) is 30.5 Å². The van der Waals surface area contributed by atoms with Gasteiger partial charge in [-0.3, -0.25) is 4.90 Å². The predicted octanol–water partition coefficient (Wildman–Crippen LogP) is 3.04. The minimum Gasteiger partial charge on any atom is -0.446 e. The smallest absolute Gasteiger partial charge is 0.413 e. The van der Waals surface area contributed by atoms with Crippen molar-refractivity contribution >= 4 is 23.4 Å². The molecule has 1 aromatic carbocycles. The molecule has 3 heterocycles. The molecule has 0 N–H and O–H groups in total. The zero-order valence-electron chi connectivity index (χ0n) is 14.2. The summed E-state index contributed by atoms with van der Waals surface area (Å²) in [5.41, 5.74) is 1.48. The molecule has 1 amide bonds. The molecule has 3 aliphatic rings. The number of likely N-dealkylation sites (tertiary alicyclic amines) is 1. The summed E-state index contributed by atoms with van der Waals surface area (Å²) in [5, 5.41) is 4.72. The van der Waals surface area contributed by atoms with Gasteiger partial charge in [0.05, 0.1) is 19.1 Å². The third-order valence-corrected chi connectivity index (χ3v) is 5.01. The molecule has 0 saturated carbocycles. The number of ether oxygens (including phenoxy) is 2. The fourth-order valence-electron chi connectivity index (χ4n) is 3.36. The van der Waals surface area contributed by atoms with Crippen LogP contribution < -0.4 is 0 Å². The van der Waals surface area contributed by atoms with Crippen LogP contribution in [0.3, 0.4) is 0 Å². The number of hydrogen-bond donors (Lipinski definition) is 0. The van der Waals surface area contributed by atoms with Gasteiger partial charge in [-0.1, -0.05) is 28.7 Å². The molecule has 0 spiro atoms. The molecule has 7 heteroatoms. The van der Waals surface area contributed by atoms with Gasteiger partial charge in [-0.25, -0.2) is 4.79 Å². The number of rotatable bonds is 1. The normalized spacial score (nSPS) is 25.0. The molecule has 136 valence electrons. The second-order valence-corrected chi connectivity index (χ2v) is 6.95. The fourth-order valence-corrected chi connectivity index (χ4v) is 3.55. The summed E-state index contributed by atoms with van der Waals surface area (Å²) in [4.78, 5) is 19.6. The number of nitrogens with zero attached hydrogens (tertiary/aromatic N) is 2. The summed E-state index contributed by atoms with van der Waals surface area (Å²) in [6.45, 7) is 1.84. The average molecular weight is 375 g/mol. The Morgan fingerprint density at radius 2 is 2.12 bits per heavy atom. The lowest BCUT2D eigenvalue weighted by atomic mass is 10.0. The van der Waals surface area contributed by atoms with Gasteiger partial charge in [0, 0.05) is 30.0 Å². The molecule has 3 aliphatic heterocycles. The summed E-state index contributed by atoms with van der Waals surface area (Å²) >= 11 is 5.97. The fraction of sp³-hybridized carbons (Fsp3) is 0.474. The van der Waals surface area contributed by atoms with Crippen molar-refractivity contribution in [2.75, 3.05) is 19.8 Å². The van der Waals surface area contributed by atoms with Crippen LogP contribution in [0.15, 0.2) is 29.4 Å². The van der Waals surface area contributed by atoms with E-state index in [9.17, 15) is 4.79 Å². The van der Waals surface area contributed by atoms with E-state index < -0.39 is 6.23 Å². The molecule has 26 heavy (non-hydrogen) atoms. The zero-order valence-corrected chi connectivity index (χ0v) is 14.9. The van der Waals surface area contributed by atoms with Crippen molar-refractivity contribution in [3.05, 3.63) is 34.9 Å². The number of carbonyl (C=O) groups excluding carboxylic acids is 1. The maximum absolute atomic E-state index is 12.5. The van der Waals surface area contributed by atoms with Gasteiger partial charge in [-0.15, -0.1) is 0 Å². The van der Waals surface area contributed by atoms with E-state index >= 15 is 0 Å². The highest BCUT2D eigenvalue weighted by Gasteiger charge is 2.46. The molecule has 0 aliphatic carbocycles. The van der Waals surface area contributed by atoms with Crippen LogP contribution in [-0.4, -0.2) is 48.8 Å². The Kier molecular flexibility index (Phi) is 5.00. The lowest BCUT2D eigenvalue weighted by Crippen LogP contribution is -2.40. The van der Waals surface area contributed by atoms with Crippen molar-refractivity contribution in [3.63, 3.8) is 0 Å². The molecular weight excluding hydrogens is 356 g/mol. The number of halogens is 1. The van der Waals surface area contributed by atoms with Crippen molar-refractivity contribution in [1.29, 1.82) is 0 Å².